The van der Waals surface area contributed by atoms with Gasteiger partial charge in [-0.25, -0.2) is 4.98 Å². The summed E-state index contributed by atoms with van der Waals surface area (Å²) in [6.45, 7) is 3.89. The van der Waals surface area contributed by atoms with Gasteiger partial charge in [0.05, 0.1) is 5.56 Å². The van der Waals surface area contributed by atoms with Gasteiger partial charge in [-0.05, 0) is 42.0 Å². The maximum Gasteiger partial charge on any atom is 0.139 e. The normalized spacial score (nSPS) is 14.3. The molecule has 98 valence electrons. The van der Waals surface area contributed by atoms with Crippen LogP contribution < -0.4 is 10.6 Å². The Morgan fingerprint density at radius 3 is 3.11 bits per heavy atom. The minimum Gasteiger partial charge on any atom is -0.389 e. The lowest BCUT2D eigenvalue weighted by atomic mass is 10.1. The third-order valence-electron chi connectivity index (χ3n) is 3.49. The fourth-order valence-electron chi connectivity index (χ4n) is 2.52. The van der Waals surface area contributed by atoms with Gasteiger partial charge in [-0.3, -0.25) is 0 Å². The van der Waals surface area contributed by atoms with Crippen molar-refractivity contribution in [3.05, 3.63) is 45.3 Å². The van der Waals surface area contributed by atoms with E-state index in [1.807, 2.05) is 30.5 Å². The van der Waals surface area contributed by atoms with E-state index < -0.39 is 0 Å². The molecule has 3 nitrogen and oxygen atoms in total. The molecule has 0 aliphatic carbocycles. The van der Waals surface area contributed by atoms with Crippen molar-refractivity contribution in [2.45, 2.75) is 19.9 Å². The minimum absolute atomic E-state index is 0.428. The number of pyridine rings is 1. The second-order valence-corrected chi connectivity index (χ2v) is 6.17. The highest BCUT2D eigenvalue weighted by atomic mass is 32.1. The summed E-state index contributed by atoms with van der Waals surface area (Å²) < 4.78 is 0. The summed E-state index contributed by atoms with van der Waals surface area (Å²) in [5, 5.41) is 2.16. The van der Waals surface area contributed by atoms with E-state index in [0.717, 1.165) is 36.5 Å². The fraction of sp³-hybridized carbons (Fsp3) is 0.286. The lowest BCUT2D eigenvalue weighted by Gasteiger charge is -2.29. The molecule has 19 heavy (non-hydrogen) atoms. The molecule has 0 radical (unpaired) electrons. The zero-order chi connectivity index (χ0) is 13.4. The van der Waals surface area contributed by atoms with E-state index in [2.05, 4.69) is 21.3 Å². The van der Waals surface area contributed by atoms with Crippen molar-refractivity contribution in [3.63, 3.8) is 0 Å². The highest BCUT2D eigenvalue weighted by Gasteiger charge is 2.22. The number of hydrogen-bond acceptors (Lipinski definition) is 4. The van der Waals surface area contributed by atoms with Gasteiger partial charge in [-0.15, -0.1) is 11.3 Å². The van der Waals surface area contributed by atoms with Crippen molar-refractivity contribution in [2.75, 3.05) is 11.4 Å². The standard InChI is InChI=1S/C14H15N3S2/c1-9-2-5-16-14(12(9)13(15)18)17-6-3-11-10(8-17)4-7-19-11/h2,4-5,7H,3,6,8H2,1H3,(H2,15,18). The van der Waals surface area contributed by atoms with Crippen LogP contribution in [0.25, 0.3) is 0 Å². The van der Waals surface area contributed by atoms with Crippen molar-refractivity contribution in [1.82, 2.24) is 4.98 Å². The Labute approximate surface area is 122 Å². The van der Waals surface area contributed by atoms with Crippen LogP contribution in [0.15, 0.2) is 23.7 Å². The Balaban J connectivity index is 2.00. The number of rotatable bonds is 2. The summed E-state index contributed by atoms with van der Waals surface area (Å²) >= 11 is 7.02. The molecule has 0 saturated heterocycles. The van der Waals surface area contributed by atoms with Gasteiger partial charge >= 0.3 is 0 Å². The number of nitrogens with zero attached hydrogens (tertiary/aromatic N) is 2. The molecule has 3 heterocycles. The van der Waals surface area contributed by atoms with Gasteiger partial charge in [0.25, 0.3) is 0 Å². The van der Waals surface area contributed by atoms with Crippen LogP contribution in [0.3, 0.4) is 0 Å². The largest absolute Gasteiger partial charge is 0.389 e. The summed E-state index contributed by atoms with van der Waals surface area (Å²) in [6.07, 6.45) is 2.90. The first-order valence-corrected chi connectivity index (χ1v) is 7.51. The van der Waals surface area contributed by atoms with Crippen molar-refractivity contribution >= 4 is 34.4 Å². The summed E-state index contributed by atoms with van der Waals surface area (Å²) in [7, 11) is 0. The first-order valence-electron chi connectivity index (χ1n) is 6.22. The highest BCUT2D eigenvalue weighted by Crippen LogP contribution is 2.29. The maximum absolute atomic E-state index is 5.86. The smallest absolute Gasteiger partial charge is 0.139 e. The molecule has 0 aromatic carbocycles. The van der Waals surface area contributed by atoms with Crippen LogP contribution in [0, 0.1) is 6.92 Å². The number of hydrogen-bond donors (Lipinski definition) is 1. The molecule has 0 fully saturated rings. The molecular weight excluding hydrogens is 274 g/mol. The fourth-order valence-corrected chi connectivity index (χ4v) is 3.66. The first-order chi connectivity index (χ1) is 9.16. The van der Waals surface area contributed by atoms with Gasteiger partial charge in [0, 0.05) is 24.2 Å². The van der Waals surface area contributed by atoms with Gasteiger partial charge in [0.2, 0.25) is 0 Å². The van der Waals surface area contributed by atoms with Gasteiger partial charge in [-0.1, -0.05) is 12.2 Å². The van der Waals surface area contributed by atoms with E-state index in [-0.39, 0.29) is 0 Å². The Bertz CT molecular complexity index is 633. The van der Waals surface area contributed by atoms with E-state index in [4.69, 9.17) is 18.0 Å². The molecule has 3 rings (SSSR count). The van der Waals surface area contributed by atoms with Gasteiger partial charge < -0.3 is 10.6 Å². The molecule has 0 atom stereocenters. The average molecular weight is 289 g/mol. The van der Waals surface area contributed by atoms with Crippen molar-refractivity contribution < 1.29 is 0 Å². The number of fused-ring (bicyclic) bond motifs is 1. The first kappa shape index (κ1) is 12.6. The van der Waals surface area contributed by atoms with Gasteiger partial charge in [0.15, 0.2) is 0 Å². The van der Waals surface area contributed by atoms with Gasteiger partial charge in [0.1, 0.15) is 10.8 Å². The van der Waals surface area contributed by atoms with Crippen LogP contribution in [0.2, 0.25) is 0 Å². The van der Waals surface area contributed by atoms with E-state index >= 15 is 0 Å². The van der Waals surface area contributed by atoms with Crippen molar-refractivity contribution in [3.8, 4) is 0 Å². The highest BCUT2D eigenvalue weighted by molar-refractivity contribution is 7.80. The van der Waals surface area contributed by atoms with Crippen LogP contribution in [-0.4, -0.2) is 16.5 Å². The van der Waals surface area contributed by atoms with Crippen LogP contribution in [0.1, 0.15) is 21.6 Å². The predicted octanol–water partition coefficient (Wildman–Crippen LogP) is 2.65. The average Bonchev–Trinajstić information content (AvgIpc) is 2.85. The monoisotopic (exact) mass is 289 g/mol. The SMILES string of the molecule is Cc1ccnc(N2CCc3sccc3C2)c1C(N)=S. The molecule has 2 aromatic rings. The lowest BCUT2D eigenvalue weighted by molar-refractivity contribution is 0.731. The van der Waals surface area contributed by atoms with E-state index in [1.165, 1.54) is 10.4 Å². The van der Waals surface area contributed by atoms with Crippen LogP contribution in [0.5, 0.6) is 0 Å². The Morgan fingerprint density at radius 1 is 1.47 bits per heavy atom. The summed E-state index contributed by atoms with van der Waals surface area (Å²) in [4.78, 5) is 8.69. The minimum atomic E-state index is 0.428. The second kappa shape index (κ2) is 4.90. The van der Waals surface area contributed by atoms with Crippen LogP contribution in [-0.2, 0) is 13.0 Å². The van der Waals surface area contributed by atoms with Crippen LogP contribution >= 0.6 is 23.6 Å². The number of aromatic nitrogens is 1. The molecule has 0 unspecified atom stereocenters. The molecule has 0 spiro atoms. The molecule has 1 aliphatic heterocycles. The van der Waals surface area contributed by atoms with Crippen molar-refractivity contribution in [1.29, 1.82) is 0 Å². The molecule has 0 saturated carbocycles. The quantitative estimate of drug-likeness (QED) is 0.863. The Morgan fingerprint density at radius 2 is 2.32 bits per heavy atom. The zero-order valence-corrected chi connectivity index (χ0v) is 12.4. The molecule has 0 bridgehead atoms. The second-order valence-electron chi connectivity index (χ2n) is 4.73. The summed E-state index contributed by atoms with van der Waals surface area (Å²) in [6, 6.07) is 4.15. The Hall–Kier alpha value is -1.46. The zero-order valence-electron chi connectivity index (χ0n) is 10.7. The maximum atomic E-state index is 5.86. The molecular formula is C14H15N3S2. The summed E-state index contributed by atoms with van der Waals surface area (Å²) in [5.41, 5.74) is 9.26. The number of nitrogens with two attached hydrogens (primary N) is 1. The third-order valence-corrected chi connectivity index (χ3v) is 4.72. The summed E-state index contributed by atoms with van der Waals surface area (Å²) in [5.74, 6) is 0.921. The predicted molar refractivity (Wildman–Crippen MR) is 83.9 cm³/mol. The van der Waals surface area contributed by atoms with Crippen LogP contribution in [0.4, 0.5) is 5.82 Å². The number of thiocarbonyl (C=S) groups is 1. The van der Waals surface area contributed by atoms with Gasteiger partial charge in [-0.2, -0.15) is 0 Å². The van der Waals surface area contributed by atoms with E-state index in [0.29, 0.717) is 4.99 Å². The van der Waals surface area contributed by atoms with E-state index in [1.54, 1.807) is 0 Å². The van der Waals surface area contributed by atoms with Crippen molar-refractivity contribution in [2.24, 2.45) is 5.73 Å². The number of anilines is 1. The number of thiophene rings is 1. The molecule has 5 heteroatoms. The molecule has 2 N–H and O–H groups in total. The Kier molecular flexibility index (Phi) is 3.24. The molecule has 2 aromatic heterocycles. The lowest BCUT2D eigenvalue weighted by Crippen LogP contribution is -2.32. The third kappa shape index (κ3) is 2.24. The molecule has 1 aliphatic rings. The molecule has 0 amide bonds. The topological polar surface area (TPSA) is 42.2 Å². The number of aryl methyl sites for hydroxylation is 1. The van der Waals surface area contributed by atoms with E-state index in [9.17, 15) is 0 Å².